The first kappa shape index (κ1) is 16.9. The van der Waals surface area contributed by atoms with E-state index in [1.807, 2.05) is 0 Å². The molecule has 1 nitrogen and oxygen atoms in total. The Hall–Kier alpha value is 0.865. The number of hydrogen-bond acceptors (Lipinski definition) is 1. The molecule has 0 aliphatic carbocycles. The van der Waals surface area contributed by atoms with Gasteiger partial charge in [0.1, 0.15) is 0 Å². The maximum absolute atomic E-state index is 8.68. The van der Waals surface area contributed by atoms with Crippen LogP contribution in [-0.4, -0.2) is 6.29 Å². The Morgan fingerprint density at radius 1 is 1.60 bits per heavy atom. The normalized spacial score (nSPS) is 2.60. The summed E-state index contributed by atoms with van der Waals surface area (Å²) >= 11 is 0. The summed E-state index contributed by atoms with van der Waals surface area (Å²) < 4.78 is 0. The van der Waals surface area contributed by atoms with Gasteiger partial charge in [0, 0.05) is 0 Å². The third-order valence-corrected chi connectivity index (χ3v) is 0. The molecule has 0 aromatic carbocycles. The zero-order valence-corrected chi connectivity index (χ0v) is 3.91. The fourth-order valence-corrected chi connectivity index (χ4v) is 0. The molecule has 0 amide bonds. The number of carbonyl (C=O) groups excluding carboxylic acids is 1. The summed E-state index contributed by atoms with van der Waals surface area (Å²) in [5, 5.41) is 0. The standard InChI is InChI=1S/C2H3O.2Li.H/c1-2-3;;;/h1H3;;;/q-1;2*+1;-1. The first-order valence-electron chi connectivity index (χ1n) is 0.704. The molecule has 0 aromatic rings. The van der Waals surface area contributed by atoms with Crippen molar-refractivity contribution in [3.05, 3.63) is 0 Å². The molecule has 0 saturated carbocycles. The first-order chi connectivity index (χ1) is 1.41. The second kappa shape index (κ2) is 20.9. The van der Waals surface area contributed by atoms with Crippen LogP contribution < -0.4 is 37.7 Å². The van der Waals surface area contributed by atoms with E-state index in [9.17, 15) is 0 Å². The summed E-state index contributed by atoms with van der Waals surface area (Å²) in [4.78, 5) is 8.68. The molecule has 0 radical (unpaired) electrons. The van der Waals surface area contributed by atoms with Crippen LogP contribution in [-0.2, 0) is 4.79 Å². The van der Waals surface area contributed by atoms with E-state index >= 15 is 0 Å². The topological polar surface area (TPSA) is 17.1 Å². The van der Waals surface area contributed by atoms with Gasteiger partial charge in [-0.3, -0.25) is 6.29 Å². The van der Waals surface area contributed by atoms with Crippen LogP contribution in [0.4, 0.5) is 0 Å². The van der Waals surface area contributed by atoms with Crippen LogP contribution in [0, 0.1) is 0 Å². The molecule has 0 unspecified atom stereocenters. The molecule has 3 heteroatoms. The molecule has 0 saturated heterocycles. The molecule has 0 atom stereocenters. The molecular formula is C2H4Li2O. The van der Waals surface area contributed by atoms with Crippen LogP contribution in [0.5, 0.6) is 0 Å². The Balaban J connectivity index is -0.00000000667. The van der Waals surface area contributed by atoms with Crippen molar-refractivity contribution in [1.29, 1.82) is 0 Å². The van der Waals surface area contributed by atoms with E-state index in [4.69, 9.17) is 4.79 Å². The van der Waals surface area contributed by atoms with E-state index in [2.05, 4.69) is 0 Å². The fourth-order valence-electron chi connectivity index (χ4n) is 0. The Bertz CT molecular complexity index is 19.0. The average Bonchev–Trinajstić information content (AvgIpc) is 0.918. The molecule has 0 spiro atoms. The van der Waals surface area contributed by atoms with Crippen LogP contribution in [0.2, 0.25) is 0 Å². The SMILES string of the molecule is C[C-]=O.[H-].[Li+].[Li+]. The second-order valence-electron chi connectivity index (χ2n) is 0.204. The minimum absolute atomic E-state index is 0. The van der Waals surface area contributed by atoms with Crippen LogP contribution in [0.3, 0.4) is 0 Å². The van der Waals surface area contributed by atoms with E-state index in [1.165, 1.54) is 13.2 Å². The van der Waals surface area contributed by atoms with E-state index in [-0.39, 0.29) is 39.1 Å². The third-order valence-electron chi connectivity index (χ3n) is 0. The van der Waals surface area contributed by atoms with Gasteiger partial charge in [-0.1, -0.05) is 0 Å². The summed E-state index contributed by atoms with van der Waals surface area (Å²) in [5.74, 6) is 0. The monoisotopic (exact) mass is 58.1 g/mol. The second-order valence-corrected chi connectivity index (χ2v) is 0.204. The van der Waals surface area contributed by atoms with Crippen molar-refractivity contribution in [3.63, 3.8) is 0 Å². The predicted molar refractivity (Wildman–Crippen MR) is 12.5 cm³/mol. The molecule has 0 aliphatic heterocycles. The van der Waals surface area contributed by atoms with Crippen molar-refractivity contribution in [3.8, 4) is 0 Å². The molecule has 20 valence electrons. The van der Waals surface area contributed by atoms with E-state index in [0.29, 0.717) is 0 Å². The molecular weight excluding hydrogens is 53.9 g/mol. The predicted octanol–water partition coefficient (Wildman–Crippen LogP) is -5.76. The zero-order valence-electron chi connectivity index (χ0n) is 4.91. The van der Waals surface area contributed by atoms with E-state index < -0.39 is 0 Å². The van der Waals surface area contributed by atoms with E-state index in [1.54, 1.807) is 0 Å². The minimum Gasteiger partial charge on any atom is -1.00 e. The quantitative estimate of drug-likeness (QED) is 0.200. The van der Waals surface area contributed by atoms with Gasteiger partial charge in [-0.05, 0) is 0 Å². The molecule has 0 rings (SSSR count). The third kappa shape index (κ3) is 53.4. The molecule has 5 heavy (non-hydrogen) atoms. The molecule has 0 aromatic heterocycles. The first-order valence-corrected chi connectivity index (χ1v) is 0.704. The molecule has 0 heterocycles. The summed E-state index contributed by atoms with van der Waals surface area (Å²) in [6.45, 7) is 1.32. The van der Waals surface area contributed by atoms with Gasteiger partial charge in [0.2, 0.25) is 0 Å². The van der Waals surface area contributed by atoms with Crippen molar-refractivity contribution in [1.82, 2.24) is 0 Å². The van der Waals surface area contributed by atoms with Crippen molar-refractivity contribution < 1.29 is 43.9 Å². The summed E-state index contributed by atoms with van der Waals surface area (Å²) in [6.07, 6.45) is 1.50. The largest absolute Gasteiger partial charge is 1.00 e. The molecule has 0 fully saturated rings. The van der Waals surface area contributed by atoms with E-state index in [0.717, 1.165) is 0 Å². The van der Waals surface area contributed by atoms with Crippen molar-refractivity contribution in [2.45, 2.75) is 6.92 Å². The van der Waals surface area contributed by atoms with Gasteiger partial charge in [0.15, 0.2) is 0 Å². The smallest absolute Gasteiger partial charge is 1.00 e. The van der Waals surface area contributed by atoms with Crippen molar-refractivity contribution >= 4 is 6.29 Å². The number of hydrogen-bond donors (Lipinski definition) is 0. The Morgan fingerprint density at radius 3 is 1.60 bits per heavy atom. The van der Waals surface area contributed by atoms with Crippen LogP contribution >= 0.6 is 0 Å². The van der Waals surface area contributed by atoms with Gasteiger partial charge in [0.25, 0.3) is 0 Å². The number of rotatable bonds is 0. The fraction of sp³-hybridized carbons (Fsp3) is 0.500. The summed E-state index contributed by atoms with van der Waals surface area (Å²) in [7, 11) is 0. The average molecular weight is 57.9 g/mol. The van der Waals surface area contributed by atoms with Crippen LogP contribution in [0.25, 0.3) is 0 Å². The maximum Gasteiger partial charge on any atom is 1.00 e. The van der Waals surface area contributed by atoms with Gasteiger partial charge < -0.3 is 6.22 Å². The summed E-state index contributed by atoms with van der Waals surface area (Å²) in [6, 6.07) is 0. The van der Waals surface area contributed by atoms with Gasteiger partial charge in [-0.15, -0.1) is 0 Å². The zero-order chi connectivity index (χ0) is 2.71. The van der Waals surface area contributed by atoms with Gasteiger partial charge in [-0.2, -0.15) is 6.92 Å². The van der Waals surface area contributed by atoms with Gasteiger partial charge in [0.05, 0.1) is 0 Å². The van der Waals surface area contributed by atoms with Gasteiger partial charge >= 0.3 is 37.7 Å². The molecule has 0 bridgehead atoms. The maximum atomic E-state index is 8.68. The minimum atomic E-state index is 0. The van der Waals surface area contributed by atoms with Crippen LogP contribution in [0.1, 0.15) is 8.35 Å². The van der Waals surface area contributed by atoms with Crippen LogP contribution in [0.15, 0.2) is 0 Å². The Labute approximate surface area is 57.3 Å². The van der Waals surface area contributed by atoms with Gasteiger partial charge in [-0.25, -0.2) is 0 Å². The summed E-state index contributed by atoms with van der Waals surface area (Å²) in [5.41, 5.74) is 0. The van der Waals surface area contributed by atoms with Crippen molar-refractivity contribution in [2.75, 3.05) is 0 Å². The molecule has 0 N–H and O–H groups in total. The Kier molecular flexibility index (Phi) is 70.7. The molecule has 0 aliphatic rings. The Morgan fingerprint density at radius 2 is 1.60 bits per heavy atom. The van der Waals surface area contributed by atoms with Crippen molar-refractivity contribution in [2.24, 2.45) is 0 Å².